The van der Waals surface area contributed by atoms with Crippen LogP contribution in [-0.4, -0.2) is 37.0 Å². The van der Waals surface area contributed by atoms with Crippen LogP contribution in [0.4, 0.5) is 10.1 Å². The summed E-state index contributed by atoms with van der Waals surface area (Å²) in [5.74, 6) is 0.467. The first-order valence-electron chi connectivity index (χ1n) is 9.82. The summed E-state index contributed by atoms with van der Waals surface area (Å²) in [6.45, 7) is 9.37. The van der Waals surface area contributed by atoms with Gasteiger partial charge in [-0.25, -0.2) is 4.39 Å². The highest BCUT2D eigenvalue weighted by molar-refractivity contribution is 5.83. The Labute approximate surface area is 161 Å². The van der Waals surface area contributed by atoms with Crippen molar-refractivity contribution in [2.45, 2.75) is 33.1 Å². The van der Waals surface area contributed by atoms with Crippen molar-refractivity contribution in [1.29, 1.82) is 0 Å². The van der Waals surface area contributed by atoms with Crippen molar-refractivity contribution in [3.8, 4) is 0 Å². The van der Waals surface area contributed by atoms with Crippen molar-refractivity contribution < 1.29 is 9.18 Å². The minimum Gasteiger partial charge on any atom is -0.368 e. The molecule has 3 rings (SSSR count). The quantitative estimate of drug-likeness (QED) is 0.777. The number of carbonyl (C=O) groups is 1. The topological polar surface area (TPSA) is 23.6 Å². The molecule has 0 spiro atoms. The molecule has 1 atom stereocenters. The molecule has 3 nitrogen and oxygen atoms in total. The van der Waals surface area contributed by atoms with Gasteiger partial charge in [0.2, 0.25) is 5.91 Å². The van der Waals surface area contributed by atoms with Crippen LogP contribution < -0.4 is 4.90 Å². The van der Waals surface area contributed by atoms with Crippen molar-refractivity contribution >= 4 is 11.6 Å². The normalized spacial score (nSPS) is 15.9. The summed E-state index contributed by atoms with van der Waals surface area (Å²) in [5, 5.41) is 0. The number of halogens is 1. The molecule has 1 fully saturated rings. The Morgan fingerprint density at radius 1 is 0.926 bits per heavy atom. The van der Waals surface area contributed by atoms with Gasteiger partial charge >= 0.3 is 0 Å². The van der Waals surface area contributed by atoms with Crippen LogP contribution in [0.2, 0.25) is 0 Å². The van der Waals surface area contributed by atoms with Crippen molar-refractivity contribution in [2.75, 3.05) is 31.1 Å². The van der Waals surface area contributed by atoms with Gasteiger partial charge in [0.1, 0.15) is 5.82 Å². The minimum atomic E-state index is -0.221. The molecular formula is C23H29FN2O. The fraction of sp³-hybridized carbons (Fsp3) is 0.435. The van der Waals surface area contributed by atoms with Crippen LogP contribution in [0, 0.1) is 11.7 Å². The van der Waals surface area contributed by atoms with E-state index in [1.807, 2.05) is 11.8 Å². The Bertz CT molecular complexity index is 747. The Balaban J connectivity index is 1.57. The van der Waals surface area contributed by atoms with Gasteiger partial charge in [0.05, 0.1) is 5.92 Å². The first kappa shape index (κ1) is 19.4. The van der Waals surface area contributed by atoms with Crippen LogP contribution in [0.1, 0.15) is 37.8 Å². The van der Waals surface area contributed by atoms with Gasteiger partial charge in [-0.15, -0.1) is 0 Å². The zero-order valence-corrected chi connectivity index (χ0v) is 16.5. The number of amides is 1. The highest BCUT2D eigenvalue weighted by atomic mass is 19.1. The second-order valence-electron chi connectivity index (χ2n) is 7.85. The molecule has 2 aromatic carbocycles. The van der Waals surface area contributed by atoms with Crippen LogP contribution >= 0.6 is 0 Å². The molecule has 0 radical (unpaired) electrons. The number of anilines is 1. The summed E-state index contributed by atoms with van der Waals surface area (Å²) >= 11 is 0. The number of piperazine rings is 1. The third-order valence-corrected chi connectivity index (χ3v) is 5.28. The van der Waals surface area contributed by atoms with E-state index in [1.54, 1.807) is 12.1 Å². The predicted octanol–water partition coefficient (Wildman–Crippen LogP) is 4.48. The molecule has 144 valence electrons. The lowest BCUT2D eigenvalue weighted by Crippen LogP contribution is -2.49. The molecule has 1 heterocycles. The molecular weight excluding hydrogens is 339 g/mol. The molecule has 4 heteroatoms. The Morgan fingerprint density at radius 2 is 1.52 bits per heavy atom. The second-order valence-corrected chi connectivity index (χ2v) is 7.85. The standard InChI is InChI=1S/C23H29FN2O/c1-17(2)16-19-4-6-20(7-5-19)18(3)23(27)26-14-12-25(13-15-26)22-10-8-21(24)9-11-22/h4-11,17-18H,12-16H2,1-3H3. The van der Waals surface area contributed by atoms with E-state index < -0.39 is 0 Å². The van der Waals surface area contributed by atoms with E-state index in [2.05, 4.69) is 43.0 Å². The summed E-state index contributed by atoms with van der Waals surface area (Å²) in [6, 6.07) is 15.0. The van der Waals surface area contributed by atoms with Crippen LogP contribution in [0.15, 0.2) is 48.5 Å². The summed E-state index contributed by atoms with van der Waals surface area (Å²) in [4.78, 5) is 17.1. The van der Waals surface area contributed by atoms with Crippen LogP contribution in [0.5, 0.6) is 0 Å². The molecule has 1 amide bonds. The molecule has 27 heavy (non-hydrogen) atoms. The molecule has 1 aliphatic heterocycles. The second kappa shape index (κ2) is 8.55. The molecule has 0 aromatic heterocycles. The molecule has 0 aliphatic carbocycles. The van der Waals surface area contributed by atoms with E-state index in [-0.39, 0.29) is 17.6 Å². The van der Waals surface area contributed by atoms with Gasteiger partial charge in [0, 0.05) is 31.9 Å². The monoisotopic (exact) mass is 368 g/mol. The zero-order valence-electron chi connectivity index (χ0n) is 16.5. The molecule has 1 aliphatic rings. The number of hydrogen-bond donors (Lipinski definition) is 0. The molecule has 0 saturated carbocycles. The number of carbonyl (C=O) groups excluding carboxylic acids is 1. The smallest absolute Gasteiger partial charge is 0.229 e. The van der Waals surface area contributed by atoms with E-state index in [4.69, 9.17) is 0 Å². The van der Waals surface area contributed by atoms with Gasteiger partial charge in [-0.1, -0.05) is 38.1 Å². The SMILES string of the molecule is CC(C)Cc1ccc(C(C)C(=O)N2CCN(c3ccc(F)cc3)CC2)cc1. The van der Waals surface area contributed by atoms with E-state index in [0.717, 1.165) is 30.8 Å². The molecule has 0 bridgehead atoms. The molecule has 2 aromatic rings. The van der Waals surface area contributed by atoms with E-state index in [1.165, 1.54) is 17.7 Å². The fourth-order valence-electron chi connectivity index (χ4n) is 3.67. The lowest BCUT2D eigenvalue weighted by atomic mass is 9.95. The molecule has 1 saturated heterocycles. The zero-order chi connectivity index (χ0) is 19.4. The number of benzene rings is 2. The summed E-state index contributed by atoms with van der Waals surface area (Å²) in [6.07, 6.45) is 1.06. The lowest BCUT2D eigenvalue weighted by Gasteiger charge is -2.37. The van der Waals surface area contributed by atoms with Crippen LogP contribution in [-0.2, 0) is 11.2 Å². The Kier molecular flexibility index (Phi) is 6.15. The first-order valence-corrected chi connectivity index (χ1v) is 9.82. The maximum Gasteiger partial charge on any atom is 0.229 e. The Hall–Kier alpha value is -2.36. The van der Waals surface area contributed by atoms with Gasteiger partial charge < -0.3 is 9.80 Å². The highest BCUT2D eigenvalue weighted by Gasteiger charge is 2.26. The van der Waals surface area contributed by atoms with Crippen molar-refractivity contribution in [1.82, 2.24) is 4.90 Å². The van der Waals surface area contributed by atoms with Crippen molar-refractivity contribution in [2.24, 2.45) is 5.92 Å². The maximum atomic E-state index is 13.1. The Morgan fingerprint density at radius 3 is 2.07 bits per heavy atom. The molecule has 1 unspecified atom stereocenters. The fourth-order valence-corrected chi connectivity index (χ4v) is 3.67. The summed E-state index contributed by atoms with van der Waals surface area (Å²) < 4.78 is 13.1. The van der Waals surface area contributed by atoms with Gasteiger partial charge in [-0.05, 0) is 54.7 Å². The minimum absolute atomic E-state index is 0.129. The van der Waals surface area contributed by atoms with Gasteiger partial charge in [0.15, 0.2) is 0 Å². The van der Waals surface area contributed by atoms with E-state index in [0.29, 0.717) is 19.0 Å². The van der Waals surface area contributed by atoms with Gasteiger partial charge in [0.25, 0.3) is 0 Å². The summed E-state index contributed by atoms with van der Waals surface area (Å²) in [5.41, 5.74) is 3.41. The van der Waals surface area contributed by atoms with Crippen LogP contribution in [0.25, 0.3) is 0 Å². The van der Waals surface area contributed by atoms with Gasteiger partial charge in [-0.3, -0.25) is 4.79 Å². The third kappa shape index (κ3) is 4.88. The number of rotatable bonds is 5. The summed E-state index contributed by atoms with van der Waals surface area (Å²) in [7, 11) is 0. The largest absolute Gasteiger partial charge is 0.368 e. The van der Waals surface area contributed by atoms with Crippen molar-refractivity contribution in [3.05, 3.63) is 65.5 Å². The van der Waals surface area contributed by atoms with Gasteiger partial charge in [-0.2, -0.15) is 0 Å². The molecule has 0 N–H and O–H groups in total. The van der Waals surface area contributed by atoms with E-state index >= 15 is 0 Å². The number of nitrogens with zero attached hydrogens (tertiary/aromatic N) is 2. The first-order chi connectivity index (χ1) is 12.9. The number of hydrogen-bond acceptors (Lipinski definition) is 2. The van der Waals surface area contributed by atoms with Crippen molar-refractivity contribution in [3.63, 3.8) is 0 Å². The van der Waals surface area contributed by atoms with Crippen LogP contribution in [0.3, 0.4) is 0 Å². The maximum absolute atomic E-state index is 13.1. The van der Waals surface area contributed by atoms with E-state index in [9.17, 15) is 9.18 Å². The average Bonchev–Trinajstić information content (AvgIpc) is 2.68. The third-order valence-electron chi connectivity index (χ3n) is 5.28. The average molecular weight is 368 g/mol. The predicted molar refractivity (Wildman–Crippen MR) is 109 cm³/mol. The highest BCUT2D eigenvalue weighted by Crippen LogP contribution is 2.22. The lowest BCUT2D eigenvalue weighted by molar-refractivity contribution is -0.132.